The lowest BCUT2D eigenvalue weighted by Crippen LogP contribution is -2.16. The van der Waals surface area contributed by atoms with E-state index in [-0.39, 0.29) is 5.56 Å². The first-order valence-corrected chi connectivity index (χ1v) is 6.73. The Balaban J connectivity index is 2.24. The van der Waals surface area contributed by atoms with Gasteiger partial charge in [-0.1, -0.05) is 30.3 Å². The van der Waals surface area contributed by atoms with Crippen LogP contribution in [0.25, 0.3) is 17.1 Å². The monoisotopic (exact) mass is 257 g/mol. The van der Waals surface area contributed by atoms with Crippen LogP contribution in [0.4, 0.5) is 0 Å². The molecule has 0 unspecified atom stereocenters. The van der Waals surface area contributed by atoms with Crippen molar-refractivity contribution in [2.24, 2.45) is 0 Å². The highest BCUT2D eigenvalue weighted by Crippen LogP contribution is 2.18. The zero-order valence-corrected chi connectivity index (χ0v) is 10.6. The molecule has 1 aromatic rings. The van der Waals surface area contributed by atoms with Crippen LogP contribution < -0.4 is 5.56 Å². The maximum absolute atomic E-state index is 12.3. The van der Waals surface area contributed by atoms with E-state index in [1.54, 1.807) is 11.8 Å². The number of aromatic amines is 1. The molecule has 0 spiro atoms. The lowest BCUT2D eigenvalue weighted by atomic mass is 10.2. The highest BCUT2D eigenvalue weighted by atomic mass is 32.2. The second-order valence-corrected chi connectivity index (χ2v) is 4.69. The fraction of sp³-hybridized carbons (Fsp3) is 0.0769. The summed E-state index contributed by atoms with van der Waals surface area (Å²) in [6, 6.07) is 13.3. The summed E-state index contributed by atoms with van der Waals surface area (Å²) in [4.78, 5) is 16.6. The molecule has 18 heavy (non-hydrogen) atoms. The molecule has 0 amide bonds. The lowest BCUT2D eigenvalue weighted by molar-refractivity contribution is 0.761. The molecule has 1 N–H and O–H groups in total. The average molecular weight is 257 g/mol. The summed E-state index contributed by atoms with van der Waals surface area (Å²) in [6.07, 6.45) is 1.96. The second-order valence-electron chi connectivity index (χ2n) is 3.84. The Bertz CT molecular complexity index is 702. The average Bonchev–Trinajstić information content (AvgIpc) is 2.77. The summed E-state index contributed by atoms with van der Waals surface area (Å²) in [7, 11) is 0. The summed E-state index contributed by atoms with van der Waals surface area (Å²) >= 11 is 1.55. The Morgan fingerprint density at radius 2 is 1.94 bits per heavy atom. The third-order valence-electron chi connectivity index (χ3n) is 2.73. The Morgan fingerprint density at radius 3 is 2.67 bits per heavy atom. The van der Waals surface area contributed by atoms with E-state index in [1.165, 1.54) is 4.68 Å². The summed E-state index contributed by atoms with van der Waals surface area (Å²) < 4.78 is 1.48. The van der Waals surface area contributed by atoms with Gasteiger partial charge in [-0.05, 0) is 18.4 Å². The molecule has 0 atom stereocenters. The topological polar surface area (TPSA) is 50.7 Å². The van der Waals surface area contributed by atoms with Crippen LogP contribution in [0, 0.1) is 0 Å². The number of rotatable bonds is 2. The van der Waals surface area contributed by atoms with Crippen molar-refractivity contribution in [2.45, 2.75) is 5.03 Å². The largest absolute Gasteiger partial charge is 0.297 e. The van der Waals surface area contributed by atoms with Gasteiger partial charge in [0.15, 0.2) is 5.82 Å². The Hall–Kier alpha value is -2.01. The molecule has 5 heteroatoms. The number of fused-ring (bicyclic) bond motifs is 1. The van der Waals surface area contributed by atoms with Crippen LogP contribution in [0.2, 0.25) is 0 Å². The lowest BCUT2D eigenvalue weighted by Gasteiger charge is -2.02. The van der Waals surface area contributed by atoms with Gasteiger partial charge < -0.3 is 0 Å². The molecule has 0 saturated carbocycles. The van der Waals surface area contributed by atoms with Crippen LogP contribution in [0.3, 0.4) is 0 Å². The van der Waals surface area contributed by atoms with E-state index in [9.17, 15) is 4.79 Å². The fourth-order valence-corrected chi connectivity index (χ4v) is 2.22. The Labute approximate surface area is 108 Å². The number of aromatic nitrogens is 3. The predicted octanol–water partition coefficient (Wildman–Crippen LogP) is 2.39. The van der Waals surface area contributed by atoms with Crippen molar-refractivity contribution in [1.29, 1.82) is 0 Å². The summed E-state index contributed by atoms with van der Waals surface area (Å²) in [5.41, 5.74) is 1.20. The van der Waals surface area contributed by atoms with Crippen molar-refractivity contribution >= 4 is 11.8 Å². The van der Waals surface area contributed by atoms with Gasteiger partial charge in [0, 0.05) is 5.56 Å². The Kier molecular flexibility index (Phi) is 2.68. The van der Waals surface area contributed by atoms with Crippen LogP contribution in [-0.2, 0) is 0 Å². The van der Waals surface area contributed by atoms with Crippen LogP contribution >= 0.6 is 11.8 Å². The van der Waals surface area contributed by atoms with Crippen LogP contribution in [0.15, 0.2) is 52.3 Å². The van der Waals surface area contributed by atoms with Crippen molar-refractivity contribution in [1.82, 2.24) is 14.8 Å². The third-order valence-corrected chi connectivity index (χ3v) is 3.40. The second kappa shape index (κ2) is 4.34. The SMILES string of the molecule is CSc1ccc2nc(-c3ccccc3)c(=O)n-2[nH]1. The van der Waals surface area contributed by atoms with E-state index in [2.05, 4.69) is 10.1 Å². The Morgan fingerprint density at radius 1 is 1.17 bits per heavy atom. The molecule has 3 rings (SSSR count). The van der Waals surface area contributed by atoms with Crippen molar-refractivity contribution in [3.63, 3.8) is 0 Å². The molecule has 90 valence electrons. The molecule has 0 aromatic heterocycles. The number of thioether (sulfide) groups is 1. The van der Waals surface area contributed by atoms with Gasteiger partial charge in [-0.15, -0.1) is 11.8 Å². The first-order chi connectivity index (χ1) is 8.79. The van der Waals surface area contributed by atoms with Gasteiger partial charge in [0.2, 0.25) is 0 Å². The van der Waals surface area contributed by atoms with E-state index in [1.807, 2.05) is 48.7 Å². The number of H-pyrrole nitrogens is 1. The standard InChI is InChI=1S/C13H11N3OS/c1-18-11-8-7-10-14-12(13(17)16(10)15-11)9-5-3-2-4-6-9/h2-8,15H,1H3. The highest BCUT2D eigenvalue weighted by molar-refractivity contribution is 7.98. The van der Waals surface area contributed by atoms with E-state index >= 15 is 0 Å². The summed E-state index contributed by atoms with van der Waals surface area (Å²) in [5.74, 6) is 0.636. The van der Waals surface area contributed by atoms with Crippen LogP contribution in [-0.4, -0.2) is 21.0 Å². The smallest absolute Gasteiger partial charge is 0.283 e. The number of imidazole rings is 1. The first-order valence-electron chi connectivity index (χ1n) is 5.51. The maximum Gasteiger partial charge on any atom is 0.297 e. The predicted molar refractivity (Wildman–Crippen MR) is 72.6 cm³/mol. The van der Waals surface area contributed by atoms with E-state index in [0.717, 1.165) is 10.6 Å². The molecule has 0 bridgehead atoms. The first kappa shape index (κ1) is 11.1. The number of benzene rings is 1. The number of hydrogen-bond donors (Lipinski definition) is 1. The summed E-state index contributed by atoms with van der Waals surface area (Å²) in [5, 5.41) is 3.97. The van der Waals surface area contributed by atoms with E-state index in [4.69, 9.17) is 0 Å². The van der Waals surface area contributed by atoms with Crippen LogP contribution in [0.5, 0.6) is 0 Å². The molecular weight excluding hydrogens is 246 g/mol. The van der Waals surface area contributed by atoms with Crippen molar-refractivity contribution in [2.75, 3.05) is 6.26 Å². The molecule has 2 aliphatic heterocycles. The van der Waals surface area contributed by atoms with Crippen molar-refractivity contribution in [3.8, 4) is 17.1 Å². The quantitative estimate of drug-likeness (QED) is 0.717. The molecule has 4 nitrogen and oxygen atoms in total. The molecule has 0 aliphatic carbocycles. The maximum atomic E-state index is 12.3. The zero-order valence-electron chi connectivity index (χ0n) is 9.75. The van der Waals surface area contributed by atoms with Gasteiger partial charge in [-0.25, -0.2) is 4.98 Å². The fourth-order valence-electron chi connectivity index (χ4n) is 1.84. The van der Waals surface area contributed by atoms with Gasteiger partial charge in [0.05, 0.1) is 5.03 Å². The minimum atomic E-state index is -0.118. The molecule has 0 saturated heterocycles. The van der Waals surface area contributed by atoms with Crippen LogP contribution in [0.1, 0.15) is 0 Å². The number of hydrogen-bond acceptors (Lipinski definition) is 3. The zero-order chi connectivity index (χ0) is 12.5. The minimum Gasteiger partial charge on any atom is -0.283 e. The van der Waals surface area contributed by atoms with Gasteiger partial charge in [-0.3, -0.25) is 9.89 Å². The summed E-state index contributed by atoms with van der Waals surface area (Å²) in [6.45, 7) is 0. The molecule has 0 fully saturated rings. The van der Waals surface area contributed by atoms with Gasteiger partial charge in [-0.2, -0.15) is 4.68 Å². The molecule has 2 heterocycles. The van der Waals surface area contributed by atoms with Gasteiger partial charge in [0.25, 0.3) is 5.56 Å². The van der Waals surface area contributed by atoms with E-state index in [0.29, 0.717) is 11.5 Å². The van der Waals surface area contributed by atoms with E-state index < -0.39 is 0 Å². The van der Waals surface area contributed by atoms with Gasteiger partial charge >= 0.3 is 0 Å². The normalized spacial score (nSPS) is 10.9. The molecule has 2 aliphatic rings. The van der Waals surface area contributed by atoms with Crippen molar-refractivity contribution < 1.29 is 0 Å². The minimum absolute atomic E-state index is 0.118. The molecule has 0 radical (unpaired) electrons. The van der Waals surface area contributed by atoms with Crippen molar-refractivity contribution in [3.05, 3.63) is 52.8 Å². The third kappa shape index (κ3) is 1.73. The number of nitrogens with one attached hydrogen (secondary N) is 1. The molecular formula is C13H11N3OS. The highest BCUT2D eigenvalue weighted by Gasteiger charge is 2.15. The van der Waals surface area contributed by atoms with Gasteiger partial charge in [0.1, 0.15) is 5.69 Å². The number of nitrogens with zero attached hydrogens (tertiary/aromatic N) is 2. The molecule has 1 aromatic carbocycles.